The molecule has 0 spiro atoms. The molecule has 4 rings (SSSR count). The van der Waals surface area contributed by atoms with Crippen molar-refractivity contribution in [3.63, 3.8) is 0 Å². The van der Waals surface area contributed by atoms with Crippen LogP contribution in [0.2, 0.25) is 5.02 Å². The van der Waals surface area contributed by atoms with E-state index in [0.29, 0.717) is 12.4 Å². The molecule has 3 heterocycles. The van der Waals surface area contributed by atoms with Crippen LogP contribution in [0.5, 0.6) is 0 Å². The van der Waals surface area contributed by atoms with Gasteiger partial charge in [0.25, 0.3) is 0 Å². The zero-order valence-corrected chi connectivity index (χ0v) is 18.6. The van der Waals surface area contributed by atoms with Crippen LogP contribution >= 0.6 is 11.6 Å². The molecular formula is C24H26ClN5O. The van der Waals surface area contributed by atoms with Crippen LogP contribution in [0.1, 0.15) is 18.1 Å². The molecule has 0 saturated heterocycles. The fourth-order valence-electron chi connectivity index (χ4n) is 3.80. The van der Waals surface area contributed by atoms with Crippen LogP contribution in [-0.4, -0.2) is 47.5 Å². The second-order valence-corrected chi connectivity index (χ2v) is 8.57. The summed E-state index contributed by atoms with van der Waals surface area (Å²) in [6.45, 7) is 2.39. The zero-order valence-electron chi connectivity index (χ0n) is 17.9. The first-order chi connectivity index (χ1) is 14.9. The maximum absolute atomic E-state index is 11.9. The number of aromatic nitrogens is 1. The monoisotopic (exact) mass is 435 g/mol. The van der Waals surface area contributed by atoms with Gasteiger partial charge in [0.2, 0.25) is 5.91 Å². The fourth-order valence-corrected chi connectivity index (χ4v) is 3.99. The number of hydrogen-bond acceptors (Lipinski definition) is 5. The number of fused-ring (bicyclic) bond motifs is 1. The van der Waals surface area contributed by atoms with Gasteiger partial charge >= 0.3 is 0 Å². The van der Waals surface area contributed by atoms with E-state index < -0.39 is 0 Å². The minimum absolute atomic E-state index is 0.0645. The number of carbonyl (C=O) groups excluding carboxylic acids is 1. The number of anilines is 1. The van der Waals surface area contributed by atoms with Crippen LogP contribution < -0.4 is 10.6 Å². The van der Waals surface area contributed by atoms with Crippen molar-refractivity contribution in [1.29, 1.82) is 0 Å². The summed E-state index contributed by atoms with van der Waals surface area (Å²) < 4.78 is 0. The second kappa shape index (κ2) is 8.96. The van der Waals surface area contributed by atoms with Crippen LogP contribution in [0.25, 0.3) is 5.57 Å². The van der Waals surface area contributed by atoms with Gasteiger partial charge in [-0.25, -0.2) is 4.98 Å². The molecule has 1 atom stereocenters. The van der Waals surface area contributed by atoms with E-state index in [9.17, 15) is 4.79 Å². The van der Waals surface area contributed by atoms with Gasteiger partial charge < -0.3 is 20.4 Å². The number of benzene rings is 1. The summed E-state index contributed by atoms with van der Waals surface area (Å²) in [5, 5.41) is 7.06. The molecule has 1 aromatic carbocycles. The van der Waals surface area contributed by atoms with Gasteiger partial charge in [-0.05, 0) is 62.0 Å². The van der Waals surface area contributed by atoms with Crippen LogP contribution in [0.4, 0.5) is 5.82 Å². The largest absolute Gasteiger partial charge is 0.364 e. The van der Waals surface area contributed by atoms with Crippen molar-refractivity contribution < 1.29 is 4.79 Å². The van der Waals surface area contributed by atoms with E-state index in [1.807, 2.05) is 55.5 Å². The Hall–Kier alpha value is -3.09. The zero-order chi connectivity index (χ0) is 22.0. The van der Waals surface area contributed by atoms with Gasteiger partial charge in [-0.2, -0.15) is 0 Å². The van der Waals surface area contributed by atoms with Crippen molar-refractivity contribution in [2.45, 2.75) is 19.5 Å². The van der Waals surface area contributed by atoms with Crippen LogP contribution in [0.15, 0.2) is 72.3 Å². The first kappa shape index (κ1) is 21.2. The molecule has 0 bridgehead atoms. The maximum Gasteiger partial charge on any atom is 0.239 e. The molecule has 0 aliphatic carbocycles. The van der Waals surface area contributed by atoms with E-state index in [4.69, 9.17) is 11.6 Å². The number of carbonyl (C=O) groups is 1. The van der Waals surface area contributed by atoms with E-state index in [0.717, 1.165) is 28.3 Å². The summed E-state index contributed by atoms with van der Waals surface area (Å²) in [4.78, 5) is 20.3. The summed E-state index contributed by atoms with van der Waals surface area (Å²) in [6, 6.07) is 11.8. The molecule has 160 valence electrons. The fraction of sp³-hybridized carbons (Fsp3) is 0.250. The molecule has 0 radical (unpaired) electrons. The van der Waals surface area contributed by atoms with E-state index in [2.05, 4.69) is 52.0 Å². The summed E-state index contributed by atoms with van der Waals surface area (Å²) >= 11 is 6.25. The Bertz CT molecular complexity index is 1070. The number of hydrogen-bond donors (Lipinski definition) is 2. The number of allylic oxidation sites excluding steroid dienone is 3. The standard InChI is InChI=1S/C24H26ClN5O/c1-16-13-30-14-18(10-21(24(30)27-16)19-5-4-6-20(25)11-19)9-17-7-8-22(26-12-17)28-23(31)15-29(2)3/h4-8,10-14,24,27H,9,15H2,1-3H3,(H,26,28,31). The van der Waals surface area contributed by atoms with E-state index in [1.165, 1.54) is 11.1 Å². The van der Waals surface area contributed by atoms with E-state index in [-0.39, 0.29) is 12.1 Å². The number of halogens is 1. The first-order valence-corrected chi connectivity index (χ1v) is 10.6. The van der Waals surface area contributed by atoms with Gasteiger partial charge in [-0.15, -0.1) is 0 Å². The first-order valence-electron chi connectivity index (χ1n) is 10.2. The highest BCUT2D eigenvalue weighted by atomic mass is 35.5. The normalized spacial score (nSPS) is 17.5. The molecule has 7 heteroatoms. The lowest BCUT2D eigenvalue weighted by Gasteiger charge is -2.30. The number of pyridine rings is 1. The smallest absolute Gasteiger partial charge is 0.239 e. The Labute approximate surface area is 187 Å². The number of amides is 1. The van der Waals surface area contributed by atoms with Crippen molar-refractivity contribution in [2.24, 2.45) is 0 Å². The quantitative estimate of drug-likeness (QED) is 0.721. The van der Waals surface area contributed by atoms with E-state index >= 15 is 0 Å². The summed E-state index contributed by atoms with van der Waals surface area (Å²) in [6.07, 6.45) is 9.11. The molecule has 2 aromatic rings. The third-order valence-corrected chi connectivity index (χ3v) is 5.31. The minimum atomic E-state index is -0.0796. The predicted molar refractivity (Wildman–Crippen MR) is 125 cm³/mol. The van der Waals surface area contributed by atoms with Gasteiger partial charge in [0.1, 0.15) is 12.0 Å². The van der Waals surface area contributed by atoms with Gasteiger partial charge in [-0.3, -0.25) is 4.79 Å². The lowest BCUT2D eigenvalue weighted by molar-refractivity contribution is -0.116. The Morgan fingerprint density at radius 2 is 2.10 bits per heavy atom. The van der Waals surface area contributed by atoms with Crippen molar-refractivity contribution >= 4 is 28.9 Å². The molecule has 1 unspecified atom stereocenters. The van der Waals surface area contributed by atoms with Crippen molar-refractivity contribution in [1.82, 2.24) is 20.1 Å². The lowest BCUT2D eigenvalue weighted by Crippen LogP contribution is -2.36. The summed E-state index contributed by atoms with van der Waals surface area (Å²) in [5.74, 6) is 0.481. The molecule has 0 fully saturated rings. The highest BCUT2D eigenvalue weighted by Crippen LogP contribution is 2.33. The van der Waals surface area contributed by atoms with Crippen molar-refractivity contribution in [3.8, 4) is 0 Å². The Balaban J connectivity index is 1.53. The van der Waals surface area contributed by atoms with Gasteiger partial charge in [-0.1, -0.05) is 29.8 Å². The SMILES string of the molecule is CC1=CN2C=C(Cc3ccc(NC(=O)CN(C)C)nc3)C=C(c3cccc(Cl)c3)C2N1. The number of nitrogens with one attached hydrogen (secondary N) is 2. The average molecular weight is 436 g/mol. The molecule has 6 nitrogen and oxygen atoms in total. The molecule has 0 saturated carbocycles. The molecule has 1 amide bonds. The molecule has 2 aliphatic rings. The Morgan fingerprint density at radius 1 is 1.26 bits per heavy atom. The number of rotatable bonds is 6. The summed E-state index contributed by atoms with van der Waals surface area (Å²) in [5.41, 5.74) is 5.64. The predicted octanol–water partition coefficient (Wildman–Crippen LogP) is 3.85. The van der Waals surface area contributed by atoms with Gasteiger partial charge in [0, 0.05) is 41.3 Å². The number of likely N-dealkylation sites (N-methyl/N-ethyl adjacent to an activating group) is 1. The second-order valence-electron chi connectivity index (χ2n) is 8.13. The minimum Gasteiger partial charge on any atom is -0.364 e. The van der Waals surface area contributed by atoms with Gasteiger partial charge in [0.15, 0.2) is 0 Å². The van der Waals surface area contributed by atoms with Crippen LogP contribution in [0, 0.1) is 0 Å². The summed E-state index contributed by atoms with van der Waals surface area (Å²) in [7, 11) is 3.71. The molecule has 2 aliphatic heterocycles. The molecular weight excluding hydrogens is 410 g/mol. The van der Waals surface area contributed by atoms with Gasteiger partial charge in [0.05, 0.1) is 6.54 Å². The maximum atomic E-state index is 11.9. The van der Waals surface area contributed by atoms with E-state index in [1.54, 1.807) is 0 Å². The number of nitrogens with zero attached hydrogens (tertiary/aromatic N) is 3. The molecule has 2 N–H and O–H groups in total. The third-order valence-electron chi connectivity index (χ3n) is 5.07. The Morgan fingerprint density at radius 3 is 2.81 bits per heavy atom. The van der Waals surface area contributed by atoms with Crippen LogP contribution in [0.3, 0.4) is 0 Å². The highest BCUT2D eigenvalue weighted by molar-refractivity contribution is 6.30. The highest BCUT2D eigenvalue weighted by Gasteiger charge is 2.28. The third kappa shape index (κ3) is 5.16. The lowest BCUT2D eigenvalue weighted by atomic mass is 9.95. The van der Waals surface area contributed by atoms with Crippen molar-refractivity contribution in [2.75, 3.05) is 26.0 Å². The van der Waals surface area contributed by atoms with Crippen molar-refractivity contribution in [3.05, 3.63) is 88.5 Å². The molecule has 1 aromatic heterocycles. The van der Waals surface area contributed by atoms with Crippen LogP contribution in [-0.2, 0) is 11.2 Å². The average Bonchev–Trinajstić information content (AvgIpc) is 3.08. The Kier molecular flexibility index (Phi) is 6.11. The molecule has 31 heavy (non-hydrogen) atoms. The topological polar surface area (TPSA) is 60.5 Å².